The topological polar surface area (TPSA) is 76.9 Å². The van der Waals surface area contributed by atoms with Gasteiger partial charge in [0.2, 0.25) is 10.0 Å². The second-order valence-electron chi connectivity index (χ2n) is 7.10. The summed E-state index contributed by atoms with van der Waals surface area (Å²) in [6, 6.07) is 13.4. The van der Waals surface area contributed by atoms with Gasteiger partial charge < -0.3 is 0 Å². The number of hydrogen-bond donors (Lipinski definition) is 1. The number of halogens is 2. The van der Waals surface area contributed by atoms with Crippen molar-refractivity contribution in [3.05, 3.63) is 69.5 Å². The molecule has 0 saturated heterocycles. The number of sulfonamides is 1. The summed E-state index contributed by atoms with van der Waals surface area (Å²) in [5.41, 5.74) is 2.98. The zero-order valence-corrected chi connectivity index (χ0v) is 20.5. The quantitative estimate of drug-likeness (QED) is 0.379. The Morgan fingerprint density at radius 2 is 1.94 bits per heavy atom. The molecular weight excluding hydrogens is 475 g/mol. The van der Waals surface area contributed by atoms with Crippen LogP contribution in [-0.4, -0.2) is 28.9 Å². The molecule has 1 heterocycles. The molecule has 10 heteroatoms. The van der Waals surface area contributed by atoms with E-state index in [4.69, 9.17) is 23.2 Å². The molecule has 2 aromatic carbocycles. The van der Waals surface area contributed by atoms with Crippen LogP contribution in [-0.2, 0) is 22.3 Å². The summed E-state index contributed by atoms with van der Waals surface area (Å²) in [5, 5.41) is 10.1. The fourth-order valence-corrected chi connectivity index (χ4v) is 5.51. The largest absolute Gasteiger partial charge is 0.271 e. The van der Waals surface area contributed by atoms with Gasteiger partial charge >= 0.3 is 0 Å². The number of nitrogens with zero attached hydrogens (tertiary/aromatic N) is 3. The van der Waals surface area contributed by atoms with Gasteiger partial charge in [-0.05, 0) is 37.1 Å². The van der Waals surface area contributed by atoms with Crippen molar-refractivity contribution < 1.29 is 8.42 Å². The maximum Gasteiger partial charge on any atom is 0.212 e. The first kappa shape index (κ1) is 24.1. The highest BCUT2D eigenvalue weighted by Gasteiger charge is 2.19. The van der Waals surface area contributed by atoms with Crippen LogP contribution in [0.4, 0.5) is 0 Å². The molecule has 1 aromatic heterocycles. The van der Waals surface area contributed by atoms with Crippen LogP contribution in [0.2, 0.25) is 10.0 Å². The predicted octanol–water partition coefficient (Wildman–Crippen LogP) is 5.39. The highest BCUT2D eigenvalue weighted by Crippen LogP contribution is 2.30. The summed E-state index contributed by atoms with van der Waals surface area (Å²) in [6.45, 7) is 4.02. The Morgan fingerprint density at radius 3 is 2.65 bits per heavy atom. The van der Waals surface area contributed by atoms with E-state index in [2.05, 4.69) is 27.1 Å². The van der Waals surface area contributed by atoms with Gasteiger partial charge in [-0.15, -0.1) is 10.2 Å². The highest BCUT2D eigenvalue weighted by molar-refractivity contribution is 7.98. The monoisotopic (exact) mass is 498 g/mol. The number of aromatic nitrogens is 3. The Morgan fingerprint density at radius 1 is 1.13 bits per heavy atom. The minimum atomic E-state index is -3.40. The van der Waals surface area contributed by atoms with Crippen LogP contribution in [0.3, 0.4) is 0 Å². The van der Waals surface area contributed by atoms with Crippen LogP contribution in [0.5, 0.6) is 0 Å². The molecular formula is C21H24Cl2N4O2S2. The number of nitrogens with one attached hydrogen (secondary N) is 1. The van der Waals surface area contributed by atoms with Gasteiger partial charge in [-0.1, -0.05) is 78.1 Å². The van der Waals surface area contributed by atoms with Crippen molar-refractivity contribution in [1.82, 2.24) is 19.5 Å². The first-order valence-corrected chi connectivity index (χ1v) is 13.2. The van der Waals surface area contributed by atoms with E-state index in [1.54, 1.807) is 22.8 Å². The van der Waals surface area contributed by atoms with E-state index in [0.717, 1.165) is 12.0 Å². The van der Waals surface area contributed by atoms with Crippen LogP contribution < -0.4 is 4.72 Å². The zero-order chi connectivity index (χ0) is 22.4. The Hall–Kier alpha value is -1.58. The van der Waals surface area contributed by atoms with E-state index in [1.807, 2.05) is 26.0 Å². The summed E-state index contributed by atoms with van der Waals surface area (Å²) in [6.07, 6.45) is 1.40. The molecule has 0 fully saturated rings. The van der Waals surface area contributed by atoms with Crippen LogP contribution in [0.15, 0.2) is 47.6 Å². The number of aryl methyl sites for hydroxylation is 1. The molecule has 3 aromatic rings. The molecule has 3 rings (SSSR count). The lowest BCUT2D eigenvalue weighted by Crippen LogP contribution is -2.27. The van der Waals surface area contributed by atoms with Crippen LogP contribution >= 0.6 is 35.0 Å². The Labute approximate surface area is 197 Å². The third-order valence-electron chi connectivity index (χ3n) is 4.52. The van der Waals surface area contributed by atoms with Crippen molar-refractivity contribution in [2.75, 3.05) is 5.75 Å². The summed E-state index contributed by atoms with van der Waals surface area (Å²) >= 11 is 14.0. The van der Waals surface area contributed by atoms with Crippen molar-refractivity contribution in [2.45, 2.75) is 44.1 Å². The van der Waals surface area contributed by atoms with E-state index in [-0.39, 0.29) is 12.3 Å². The van der Waals surface area contributed by atoms with Gasteiger partial charge in [-0.2, -0.15) is 0 Å². The molecule has 31 heavy (non-hydrogen) atoms. The molecule has 0 bridgehead atoms. The molecule has 0 unspecified atom stereocenters. The van der Waals surface area contributed by atoms with Gasteiger partial charge in [0.15, 0.2) is 11.0 Å². The Kier molecular flexibility index (Phi) is 8.41. The predicted molar refractivity (Wildman–Crippen MR) is 128 cm³/mol. The number of rotatable bonds is 10. The molecule has 0 saturated carbocycles. The molecule has 0 aliphatic heterocycles. The second-order valence-corrected chi connectivity index (χ2v) is 10.8. The fraction of sp³-hybridized carbons (Fsp3) is 0.333. The molecule has 0 atom stereocenters. The average molecular weight is 499 g/mol. The summed E-state index contributed by atoms with van der Waals surface area (Å²) < 4.78 is 28.9. The second kappa shape index (κ2) is 10.8. The van der Waals surface area contributed by atoms with E-state index in [0.29, 0.717) is 38.9 Å². The fourth-order valence-electron chi connectivity index (χ4n) is 2.94. The van der Waals surface area contributed by atoms with E-state index >= 15 is 0 Å². The van der Waals surface area contributed by atoms with E-state index in [9.17, 15) is 8.42 Å². The van der Waals surface area contributed by atoms with Crippen LogP contribution in [0.25, 0.3) is 5.69 Å². The van der Waals surface area contributed by atoms with Crippen molar-refractivity contribution in [3.8, 4) is 5.69 Å². The standard InChI is InChI=1S/C21H24Cl2N4O2S2/c1-3-4-10-31(28,29)24-13-20-25-26-21(30-14-16-7-5-6-15(2)11-16)27(20)19-9-8-17(22)12-18(19)23/h5-9,11-12,24H,3-4,10,13-14H2,1-2H3. The lowest BCUT2D eigenvalue weighted by atomic mass is 10.2. The van der Waals surface area contributed by atoms with Gasteiger partial charge in [-0.3, -0.25) is 4.57 Å². The SMILES string of the molecule is CCCCS(=O)(=O)NCc1nnc(SCc2cccc(C)c2)n1-c1ccc(Cl)cc1Cl. The molecule has 166 valence electrons. The first-order chi connectivity index (χ1) is 14.8. The summed E-state index contributed by atoms with van der Waals surface area (Å²) in [7, 11) is -3.40. The minimum Gasteiger partial charge on any atom is -0.271 e. The van der Waals surface area contributed by atoms with E-state index < -0.39 is 10.0 Å². The number of thioether (sulfide) groups is 1. The highest BCUT2D eigenvalue weighted by atomic mass is 35.5. The lowest BCUT2D eigenvalue weighted by Gasteiger charge is -2.13. The maximum absolute atomic E-state index is 12.3. The van der Waals surface area contributed by atoms with Crippen LogP contribution in [0, 0.1) is 6.92 Å². The van der Waals surface area contributed by atoms with Gasteiger partial charge in [0.1, 0.15) is 0 Å². The minimum absolute atomic E-state index is 0.0169. The number of unbranched alkanes of at least 4 members (excludes halogenated alkanes) is 1. The lowest BCUT2D eigenvalue weighted by molar-refractivity contribution is 0.575. The Bertz CT molecular complexity index is 1150. The average Bonchev–Trinajstić information content (AvgIpc) is 3.12. The number of hydrogen-bond acceptors (Lipinski definition) is 5. The normalized spacial score (nSPS) is 11.7. The number of benzene rings is 2. The molecule has 0 aliphatic carbocycles. The first-order valence-electron chi connectivity index (χ1n) is 9.84. The van der Waals surface area contributed by atoms with Gasteiger partial charge in [0, 0.05) is 10.8 Å². The summed E-state index contributed by atoms with van der Waals surface area (Å²) in [4.78, 5) is 0. The van der Waals surface area contributed by atoms with Crippen molar-refractivity contribution in [1.29, 1.82) is 0 Å². The smallest absolute Gasteiger partial charge is 0.212 e. The third-order valence-corrected chi connectivity index (χ3v) is 7.47. The molecule has 1 N–H and O–H groups in total. The van der Waals surface area contributed by atoms with Crippen molar-refractivity contribution in [2.24, 2.45) is 0 Å². The van der Waals surface area contributed by atoms with Gasteiger partial charge in [-0.25, -0.2) is 13.1 Å². The molecule has 0 aliphatic rings. The maximum atomic E-state index is 12.3. The Balaban J connectivity index is 1.90. The molecule has 0 amide bonds. The molecule has 0 spiro atoms. The van der Waals surface area contributed by atoms with Crippen molar-refractivity contribution >= 4 is 45.0 Å². The van der Waals surface area contributed by atoms with Gasteiger partial charge in [0.25, 0.3) is 0 Å². The zero-order valence-electron chi connectivity index (χ0n) is 17.3. The van der Waals surface area contributed by atoms with Gasteiger partial charge in [0.05, 0.1) is 23.0 Å². The molecule has 6 nitrogen and oxygen atoms in total. The van der Waals surface area contributed by atoms with E-state index in [1.165, 1.54) is 17.3 Å². The third kappa shape index (κ3) is 6.70. The van der Waals surface area contributed by atoms with Crippen LogP contribution in [0.1, 0.15) is 36.7 Å². The van der Waals surface area contributed by atoms with Crippen molar-refractivity contribution in [3.63, 3.8) is 0 Å². The summed E-state index contributed by atoms with van der Waals surface area (Å²) in [5.74, 6) is 1.22. The molecule has 0 radical (unpaired) electrons.